The maximum atomic E-state index is 13.4. The van der Waals surface area contributed by atoms with Gasteiger partial charge in [0.05, 0.1) is 0 Å². The highest BCUT2D eigenvalue weighted by atomic mass is 35.5. The first-order valence-corrected chi connectivity index (χ1v) is 13.3. The summed E-state index contributed by atoms with van der Waals surface area (Å²) in [5.74, 6) is -0.576. The Bertz CT molecular complexity index is 1040. The number of piperidine rings is 1. The minimum atomic E-state index is -0.946. The summed E-state index contributed by atoms with van der Waals surface area (Å²) in [5.41, 5.74) is 0.784. The molecule has 1 unspecified atom stereocenters. The molecule has 3 rings (SSSR count). The van der Waals surface area contributed by atoms with Crippen molar-refractivity contribution >= 4 is 28.8 Å². The van der Waals surface area contributed by atoms with Crippen LogP contribution in [0.15, 0.2) is 60.0 Å². The number of oxime groups is 1. The van der Waals surface area contributed by atoms with Crippen molar-refractivity contribution in [2.24, 2.45) is 5.16 Å². The largest absolute Gasteiger partial charge is 0.456 e. The van der Waals surface area contributed by atoms with Gasteiger partial charge in [0.2, 0.25) is 0 Å². The van der Waals surface area contributed by atoms with Gasteiger partial charge in [-0.3, -0.25) is 9.88 Å². The lowest BCUT2D eigenvalue weighted by Gasteiger charge is -2.30. The van der Waals surface area contributed by atoms with E-state index in [0.29, 0.717) is 12.1 Å². The number of carbonyl (C=O) groups excluding carboxylic acids is 2. The highest BCUT2D eigenvalue weighted by Crippen LogP contribution is 2.14. The van der Waals surface area contributed by atoms with Gasteiger partial charge in [0.15, 0.2) is 17.9 Å². The quantitative estimate of drug-likeness (QED) is 0.252. The zero-order valence-electron chi connectivity index (χ0n) is 22.3. The van der Waals surface area contributed by atoms with Crippen LogP contribution >= 0.6 is 11.6 Å². The van der Waals surface area contributed by atoms with Gasteiger partial charge in [-0.1, -0.05) is 53.5 Å². The topological polar surface area (TPSA) is 102 Å². The number of aromatic nitrogens is 1. The summed E-state index contributed by atoms with van der Waals surface area (Å²) in [6.45, 7) is 7.61. The van der Waals surface area contributed by atoms with Gasteiger partial charge in [-0.15, -0.1) is 0 Å². The zero-order chi connectivity index (χ0) is 27.4. The number of benzene rings is 1. The molecule has 1 saturated heterocycles. The molecule has 10 heteroatoms. The molecule has 0 radical (unpaired) electrons. The molecule has 9 nitrogen and oxygen atoms in total. The molecule has 38 heavy (non-hydrogen) atoms. The van der Waals surface area contributed by atoms with Crippen molar-refractivity contribution in [3.63, 3.8) is 0 Å². The van der Waals surface area contributed by atoms with Gasteiger partial charge >= 0.3 is 12.1 Å². The number of amides is 1. The van der Waals surface area contributed by atoms with Gasteiger partial charge in [0, 0.05) is 30.9 Å². The van der Waals surface area contributed by atoms with Gasteiger partial charge in [0.25, 0.3) is 0 Å². The van der Waals surface area contributed by atoms with E-state index in [-0.39, 0.29) is 18.2 Å². The van der Waals surface area contributed by atoms with Gasteiger partial charge in [-0.25, -0.2) is 9.59 Å². The van der Waals surface area contributed by atoms with E-state index in [0.717, 1.165) is 31.5 Å². The predicted octanol–water partition coefficient (Wildman–Crippen LogP) is 4.53. The molecule has 1 amide bonds. The molecule has 206 valence electrons. The zero-order valence-corrected chi connectivity index (χ0v) is 23.0. The van der Waals surface area contributed by atoms with Gasteiger partial charge < -0.3 is 19.6 Å². The number of rotatable bonds is 11. The number of ether oxygens (including phenoxy) is 2. The smallest absolute Gasteiger partial charge is 0.408 e. The number of nitrogens with zero attached hydrogens (tertiary/aromatic N) is 3. The maximum absolute atomic E-state index is 13.4. The fourth-order valence-electron chi connectivity index (χ4n) is 4.01. The Morgan fingerprint density at radius 3 is 2.50 bits per heavy atom. The molecule has 1 aromatic heterocycles. The molecule has 1 aliphatic rings. The summed E-state index contributed by atoms with van der Waals surface area (Å²) >= 11 is 6.24. The Morgan fingerprint density at radius 1 is 1.11 bits per heavy atom. The highest BCUT2D eigenvalue weighted by Gasteiger charge is 2.29. The van der Waals surface area contributed by atoms with Crippen molar-refractivity contribution in [3.8, 4) is 0 Å². The van der Waals surface area contributed by atoms with E-state index in [1.807, 2.05) is 30.3 Å². The number of halogens is 1. The first-order valence-electron chi connectivity index (χ1n) is 12.9. The number of nitrogens with one attached hydrogen (secondary N) is 1. The second-order valence-electron chi connectivity index (χ2n) is 10.2. The SMILES string of the molecule is CC(C)(C)OC(=O)NC(Cc1ccccc1)C(=O)O[C@H](CON=C(Cl)c1cccnc1)CN1CCCCC1. The number of alkyl carbamates (subject to hydrolysis) is 1. The number of pyridine rings is 1. The lowest BCUT2D eigenvalue weighted by atomic mass is 10.1. The van der Waals surface area contributed by atoms with Crippen LogP contribution in [0.2, 0.25) is 0 Å². The van der Waals surface area contributed by atoms with Crippen LogP contribution in [-0.2, 0) is 25.5 Å². The minimum absolute atomic E-state index is 0.00319. The molecule has 0 spiro atoms. The minimum Gasteiger partial charge on any atom is -0.456 e. The van der Waals surface area contributed by atoms with Crippen molar-refractivity contribution in [3.05, 3.63) is 66.0 Å². The van der Waals surface area contributed by atoms with E-state index < -0.39 is 29.8 Å². The molecule has 1 aliphatic heterocycles. The number of hydrogen-bond donors (Lipinski definition) is 1. The fraction of sp³-hybridized carbons (Fsp3) is 0.500. The number of carbonyl (C=O) groups is 2. The van der Waals surface area contributed by atoms with Crippen molar-refractivity contribution in [2.75, 3.05) is 26.2 Å². The summed E-state index contributed by atoms with van der Waals surface area (Å²) in [7, 11) is 0. The van der Waals surface area contributed by atoms with Crippen LogP contribution in [0.1, 0.15) is 51.2 Å². The van der Waals surface area contributed by atoms with Crippen molar-refractivity contribution in [1.29, 1.82) is 0 Å². The maximum Gasteiger partial charge on any atom is 0.408 e. The van der Waals surface area contributed by atoms with Gasteiger partial charge in [0.1, 0.15) is 11.6 Å². The van der Waals surface area contributed by atoms with Crippen LogP contribution < -0.4 is 5.32 Å². The van der Waals surface area contributed by atoms with Crippen molar-refractivity contribution in [1.82, 2.24) is 15.2 Å². The van der Waals surface area contributed by atoms with Gasteiger partial charge in [-0.2, -0.15) is 0 Å². The number of hydrogen-bond acceptors (Lipinski definition) is 8. The van der Waals surface area contributed by atoms with E-state index in [2.05, 4.69) is 20.4 Å². The van der Waals surface area contributed by atoms with E-state index in [4.69, 9.17) is 25.9 Å². The summed E-state index contributed by atoms with van der Waals surface area (Å²) in [4.78, 5) is 37.7. The molecule has 1 N–H and O–H groups in total. The molecule has 2 aromatic rings. The first-order chi connectivity index (χ1) is 18.2. The average Bonchev–Trinajstić information content (AvgIpc) is 2.89. The van der Waals surface area contributed by atoms with E-state index >= 15 is 0 Å². The van der Waals surface area contributed by atoms with Crippen LogP contribution in [0.25, 0.3) is 0 Å². The number of esters is 1. The molecular formula is C28H37ClN4O5. The Hall–Kier alpha value is -3.17. The Morgan fingerprint density at radius 2 is 1.84 bits per heavy atom. The van der Waals surface area contributed by atoms with Crippen LogP contribution in [0.4, 0.5) is 4.79 Å². The lowest BCUT2D eigenvalue weighted by Crippen LogP contribution is -2.48. The molecule has 0 aliphatic carbocycles. The molecule has 1 fully saturated rings. The van der Waals surface area contributed by atoms with Crippen LogP contribution in [0, 0.1) is 0 Å². The lowest BCUT2D eigenvalue weighted by molar-refractivity contribution is -0.156. The van der Waals surface area contributed by atoms with Crippen molar-refractivity contribution < 1.29 is 23.9 Å². The van der Waals surface area contributed by atoms with Gasteiger partial charge in [-0.05, 0) is 64.4 Å². The molecule has 1 aromatic carbocycles. The summed E-state index contributed by atoms with van der Waals surface area (Å²) in [6.07, 6.45) is 5.51. The van der Waals surface area contributed by atoms with E-state index in [9.17, 15) is 9.59 Å². The van der Waals surface area contributed by atoms with E-state index in [1.54, 1.807) is 45.3 Å². The average molecular weight is 545 g/mol. The van der Waals surface area contributed by atoms with Crippen LogP contribution in [-0.4, -0.2) is 71.1 Å². The Labute approximate surface area is 229 Å². The molecule has 0 bridgehead atoms. The van der Waals surface area contributed by atoms with Crippen molar-refractivity contribution in [2.45, 2.75) is 64.2 Å². The Balaban J connectivity index is 1.71. The third-order valence-corrected chi connectivity index (χ3v) is 6.04. The number of likely N-dealkylation sites (tertiary alicyclic amines) is 1. The Kier molecular flexibility index (Phi) is 11.4. The fourth-order valence-corrected chi connectivity index (χ4v) is 4.17. The standard InChI is InChI=1S/C28H37ClN4O5/c1-28(2,3)38-27(35)31-24(17-21-11-6-4-7-12-21)26(34)37-23(19-33-15-8-5-9-16-33)20-36-32-25(29)22-13-10-14-30-18-22/h4,6-7,10-14,18,23-24H,5,8-9,15-17,19-20H2,1-3H3,(H,31,35)/t23-,24?/m0/s1. The van der Waals surface area contributed by atoms with Crippen LogP contribution in [0.5, 0.6) is 0 Å². The molecule has 2 heterocycles. The highest BCUT2D eigenvalue weighted by molar-refractivity contribution is 6.69. The molecule has 0 saturated carbocycles. The molecule has 2 atom stereocenters. The summed E-state index contributed by atoms with van der Waals surface area (Å²) < 4.78 is 11.3. The van der Waals surface area contributed by atoms with E-state index in [1.165, 1.54) is 6.42 Å². The monoisotopic (exact) mass is 544 g/mol. The molecular weight excluding hydrogens is 508 g/mol. The summed E-state index contributed by atoms with van der Waals surface area (Å²) in [5, 5.41) is 6.81. The normalized spacial score (nSPS) is 16.3. The third kappa shape index (κ3) is 10.7. The second kappa shape index (κ2) is 14.7. The first kappa shape index (κ1) is 29.4. The summed E-state index contributed by atoms with van der Waals surface area (Å²) in [6, 6.07) is 12.0. The van der Waals surface area contributed by atoms with Crippen LogP contribution in [0.3, 0.4) is 0 Å². The second-order valence-corrected chi connectivity index (χ2v) is 10.6. The predicted molar refractivity (Wildman–Crippen MR) is 146 cm³/mol. The third-order valence-electron chi connectivity index (χ3n) is 5.76.